The van der Waals surface area contributed by atoms with Gasteiger partial charge in [0.25, 0.3) is 5.56 Å². The average Bonchev–Trinajstić information content (AvgIpc) is 3.44. The summed E-state index contributed by atoms with van der Waals surface area (Å²) in [5, 5.41) is 4.36. The van der Waals surface area contributed by atoms with E-state index in [9.17, 15) is 9.59 Å². The Hall–Kier alpha value is -2.75. The zero-order chi connectivity index (χ0) is 22.9. The van der Waals surface area contributed by atoms with Gasteiger partial charge in [0.15, 0.2) is 5.16 Å². The molecule has 1 N–H and O–H groups in total. The number of fused-ring (bicyclic) bond motifs is 3. The van der Waals surface area contributed by atoms with E-state index >= 15 is 0 Å². The number of carbonyl (C=O) groups excluding carboxylic acids is 1. The number of anilines is 1. The lowest BCUT2D eigenvalue weighted by Gasteiger charge is -2.16. The van der Waals surface area contributed by atoms with Crippen molar-refractivity contribution < 1.29 is 9.53 Å². The number of pyridine rings is 1. The maximum Gasteiger partial charge on any atom is 0.272 e. The minimum absolute atomic E-state index is 0.0159. The molecule has 0 aliphatic carbocycles. The van der Waals surface area contributed by atoms with Crippen LogP contribution in [0.5, 0.6) is 0 Å². The average molecular weight is 481 g/mol. The summed E-state index contributed by atoms with van der Waals surface area (Å²) < 4.78 is 8.04. The molecule has 9 heteroatoms. The van der Waals surface area contributed by atoms with Gasteiger partial charge in [-0.1, -0.05) is 29.5 Å². The minimum atomic E-state index is -0.137. The summed E-state index contributed by atoms with van der Waals surface area (Å²) >= 11 is 2.64. The monoisotopic (exact) mass is 480 g/mol. The van der Waals surface area contributed by atoms with Crippen LogP contribution in [0.1, 0.15) is 24.0 Å². The lowest BCUT2D eigenvalue weighted by Crippen LogP contribution is -2.28. The highest BCUT2D eigenvalue weighted by atomic mass is 32.2. The number of hydrogen-bond acceptors (Lipinski definition) is 7. The standard InChI is InChI=1S/C24H24N4O3S2/c1-14-7-8-18(15(2)11-14)26-19(29)13-32-24-27-20-17-6-3-9-25-22(17)33-21(20)23(30)28(24)12-16-5-4-10-31-16/h3,6-9,11,16H,4-5,10,12-13H2,1-2H3,(H,26,29). The van der Waals surface area contributed by atoms with Crippen molar-refractivity contribution in [3.63, 3.8) is 0 Å². The summed E-state index contributed by atoms with van der Waals surface area (Å²) in [5.41, 5.74) is 3.50. The molecule has 7 nitrogen and oxygen atoms in total. The van der Waals surface area contributed by atoms with E-state index < -0.39 is 0 Å². The van der Waals surface area contributed by atoms with Crippen molar-refractivity contribution in [2.45, 2.75) is 44.5 Å². The Kier molecular flexibility index (Phi) is 6.18. The highest BCUT2D eigenvalue weighted by molar-refractivity contribution is 7.99. The minimum Gasteiger partial charge on any atom is -0.376 e. The highest BCUT2D eigenvalue weighted by Crippen LogP contribution is 2.31. The number of aromatic nitrogens is 3. The molecule has 4 aromatic rings. The zero-order valence-electron chi connectivity index (χ0n) is 18.5. The molecule has 0 bridgehead atoms. The first kappa shape index (κ1) is 22.1. The normalized spacial score (nSPS) is 16.0. The number of ether oxygens (including phenoxy) is 1. The third-order valence-corrected chi connectivity index (χ3v) is 7.78. The molecule has 33 heavy (non-hydrogen) atoms. The lowest BCUT2D eigenvalue weighted by molar-refractivity contribution is -0.113. The Morgan fingerprint density at radius 1 is 1.33 bits per heavy atom. The first-order valence-corrected chi connectivity index (χ1v) is 12.7. The van der Waals surface area contributed by atoms with Gasteiger partial charge >= 0.3 is 0 Å². The van der Waals surface area contributed by atoms with E-state index in [-0.39, 0.29) is 23.3 Å². The van der Waals surface area contributed by atoms with Gasteiger partial charge in [-0.25, -0.2) is 9.97 Å². The van der Waals surface area contributed by atoms with Gasteiger partial charge in [-0.15, -0.1) is 11.3 Å². The molecule has 1 unspecified atom stereocenters. The quantitative estimate of drug-likeness (QED) is 0.322. The van der Waals surface area contributed by atoms with Gasteiger partial charge < -0.3 is 10.1 Å². The summed E-state index contributed by atoms with van der Waals surface area (Å²) in [4.78, 5) is 36.2. The van der Waals surface area contributed by atoms with Crippen LogP contribution in [-0.2, 0) is 16.1 Å². The number of amides is 1. The van der Waals surface area contributed by atoms with E-state index in [1.165, 1.54) is 23.1 Å². The molecule has 0 spiro atoms. The van der Waals surface area contributed by atoms with E-state index in [2.05, 4.69) is 10.3 Å². The molecule has 1 amide bonds. The summed E-state index contributed by atoms with van der Waals surface area (Å²) in [6.07, 6.45) is 3.60. The van der Waals surface area contributed by atoms with E-state index in [0.717, 1.165) is 39.9 Å². The first-order valence-electron chi connectivity index (χ1n) is 10.9. The van der Waals surface area contributed by atoms with Crippen LogP contribution >= 0.6 is 23.1 Å². The molecular formula is C24H24N4O3S2. The van der Waals surface area contributed by atoms with Crippen molar-refractivity contribution in [3.05, 3.63) is 58.0 Å². The summed E-state index contributed by atoms with van der Waals surface area (Å²) in [6, 6.07) is 9.69. The predicted octanol–water partition coefficient (Wildman–Crippen LogP) is 4.53. The van der Waals surface area contributed by atoms with E-state index in [1.54, 1.807) is 10.8 Å². The molecule has 1 aliphatic heterocycles. The van der Waals surface area contributed by atoms with E-state index in [0.29, 0.717) is 28.5 Å². The van der Waals surface area contributed by atoms with Crippen LogP contribution < -0.4 is 10.9 Å². The molecule has 1 atom stereocenters. The van der Waals surface area contributed by atoms with Crippen LogP contribution in [0.4, 0.5) is 5.69 Å². The van der Waals surface area contributed by atoms with Gasteiger partial charge in [0.2, 0.25) is 5.91 Å². The first-order chi connectivity index (χ1) is 16.0. The van der Waals surface area contributed by atoms with Crippen molar-refractivity contribution in [2.24, 2.45) is 0 Å². The number of nitrogens with one attached hydrogen (secondary N) is 1. The maximum atomic E-state index is 13.5. The Balaban J connectivity index is 1.46. The Morgan fingerprint density at radius 2 is 2.21 bits per heavy atom. The van der Waals surface area contributed by atoms with Crippen molar-refractivity contribution in [1.29, 1.82) is 0 Å². The number of nitrogens with zero attached hydrogens (tertiary/aromatic N) is 3. The number of carbonyl (C=O) groups is 1. The number of aryl methyl sites for hydroxylation is 2. The fourth-order valence-electron chi connectivity index (χ4n) is 4.07. The second-order valence-corrected chi connectivity index (χ2v) is 10.2. The van der Waals surface area contributed by atoms with Crippen molar-refractivity contribution >= 4 is 55.1 Å². The van der Waals surface area contributed by atoms with Crippen LogP contribution in [0.25, 0.3) is 20.4 Å². The summed E-state index contributed by atoms with van der Waals surface area (Å²) in [6.45, 7) is 5.14. The molecule has 1 saturated heterocycles. The van der Waals surface area contributed by atoms with Crippen molar-refractivity contribution in [1.82, 2.24) is 14.5 Å². The van der Waals surface area contributed by atoms with Crippen LogP contribution in [0.2, 0.25) is 0 Å². The second kappa shape index (κ2) is 9.24. The lowest BCUT2D eigenvalue weighted by atomic mass is 10.1. The van der Waals surface area contributed by atoms with Gasteiger partial charge in [-0.05, 0) is 50.5 Å². The Labute approximate surface area is 199 Å². The SMILES string of the molecule is Cc1ccc(NC(=O)CSc2nc3c(sc4ncccc43)c(=O)n2CC2CCCO2)c(C)c1. The van der Waals surface area contributed by atoms with Crippen LogP contribution in [0.15, 0.2) is 46.5 Å². The molecule has 1 aliphatic rings. The van der Waals surface area contributed by atoms with Gasteiger partial charge in [0, 0.05) is 23.9 Å². The van der Waals surface area contributed by atoms with Crippen LogP contribution in [0.3, 0.4) is 0 Å². The van der Waals surface area contributed by atoms with Gasteiger partial charge in [-0.3, -0.25) is 14.2 Å². The topological polar surface area (TPSA) is 86.1 Å². The van der Waals surface area contributed by atoms with E-state index in [1.807, 2.05) is 44.2 Å². The fourth-order valence-corrected chi connectivity index (χ4v) is 5.91. The van der Waals surface area contributed by atoms with Gasteiger partial charge in [0.05, 0.1) is 23.9 Å². The fraction of sp³-hybridized carbons (Fsp3) is 0.333. The second-order valence-electron chi connectivity index (χ2n) is 8.24. The molecule has 3 aromatic heterocycles. The van der Waals surface area contributed by atoms with Crippen LogP contribution in [0, 0.1) is 13.8 Å². The number of thiophene rings is 1. The Bertz CT molecular complexity index is 1410. The smallest absolute Gasteiger partial charge is 0.272 e. The molecule has 1 fully saturated rings. The number of rotatable bonds is 6. The molecular weight excluding hydrogens is 456 g/mol. The third kappa shape index (κ3) is 4.53. The third-order valence-electron chi connectivity index (χ3n) is 5.72. The molecule has 170 valence electrons. The number of thioether (sulfide) groups is 1. The van der Waals surface area contributed by atoms with Gasteiger partial charge in [-0.2, -0.15) is 0 Å². The predicted molar refractivity (Wildman–Crippen MR) is 133 cm³/mol. The molecule has 1 aromatic carbocycles. The highest BCUT2D eigenvalue weighted by Gasteiger charge is 2.22. The molecule has 0 saturated carbocycles. The summed E-state index contributed by atoms with van der Waals surface area (Å²) in [5.74, 6) is 0.0127. The largest absolute Gasteiger partial charge is 0.376 e. The van der Waals surface area contributed by atoms with Crippen molar-refractivity contribution in [2.75, 3.05) is 17.7 Å². The number of benzene rings is 1. The number of hydrogen-bond donors (Lipinski definition) is 1. The maximum absolute atomic E-state index is 13.5. The molecule has 5 rings (SSSR count). The van der Waals surface area contributed by atoms with Gasteiger partial charge in [0.1, 0.15) is 9.53 Å². The van der Waals surface area contributed by atoms with Crippen molar-refractivity contribution in [3.8, 4) is 0 Å². The zero-order valence-corrected chi connectivity index (χ0v) is 20.1. The molecule has 0 radical (unpaired) electrons. The van der Waals surface area contributed by atoms with E-state index in [4.69, 9.17) is 9.72 Å². The Morgan fingerprint density at radius 3 is 3.00 bits per heavy atom. The summed E-state index contributed by atoms with van der Waals surface area (Å²) in [7, 11) is 0. The van der Waals surface area contributed by atoms with Crippen LogP contribution in [-0.4, -0.2) is 38.9 Å². The molecule has 4 heterocycles.